The maximum Gasteiger partial charge on any atom is 0.326 e. The zero-order valence-electron chi connectivity index (χ0n) is 12.8. The highest BCUT2D eigenvalue weighted by Gasteiger charge is 2.20. The second-order valence-electron chi connectivity index (χ2n) is 4.96. The van der Waals surface area contributed by atoms with Gasteiger partial charge in [0.1, 0.15) is 12.4 Å². The van der Waals surface area contributed by atoms with Gasteiger partial charge in [-0.1, -0.05) is 13.0 Å². The lowest BCUT2D eigenvalue weighted by atomic mass is 9.88. The summed E-state index contributed by atoms with van der Waals surface area (Å²) >= 11 is 0. The van der Waals surface area contributed by atoms with E-state index in [-0.39, 0.29) is 18.3 Å². The molecule has 3 N–H and O–H groups in total. The van der Waals surface area contributed by atoms with Crippen LogP contribution >= 0.6 is 0 Å². The van der Waals surface area contributed by atoms with Crippen LogP contribution < -0.4 is 11.2 Å². The molecule has 0 fully saturated rings. The highest BCUT2D eigenvalue weighted by atomic mass is 19.1. The average molecular weight is 295 g/mol. The van der Waals surface area contributed by atoms with Crippen LogP contribution in [0.3, 0.4) is 0 Å². The third-order valence-electron chi connectivity index (χ3n) is 3.55. The number of benzene rings is 1. The third kappa shape index (κ3) is 4.53. The van der Waals surface area contributed by atoms with Crippen LogP contribution in [-0.2, 0) is 9.53 Å². The summed E-state index contributed by atoms with van der Waals surface area (Å²) in [4.78, 5) is 10.9. The normalized spacial score (nSPS) is 14.0. The lowest BCUT2D eigenvalue weighted by Gasteiger charge is -2.20. The number of carbonyl (C=O) groups is 1. The highest BCUT2D eigenvalue weighted by Crippen LogP contribution is 2.26. The van der Waals surface area contributed by atoms with Gasteiger partial charge in [-0.2, -0.15) is 5.10 Å². The first-order valence-corrected chi connectivity index (χ1v) is 6.72. The number of esters is 1. The number of halogens is 1. The molecule has 21 heavy (non-hydrogen) atoms. The lowest BCUT2D eigenvalue weighted by molar-refractivity contribution is -0.139. The fourth-order valence-corrected chi connectivity index (χ4v) is 2.01. The van der Waals surface area contributed by atoms with E-state index < -0.39 is 12.0 Å². The summed E-state index contributed by atoms with van der Waals surface area (Å²) in [5.74, 6) is -0.917. The summed E-state index contributed by atoms with van der Waals surface area (Å²) in [5, 5.41) is 3.86. The number of hydrogen-bond acceptors (Lipinski definition) is 5. The van der Waals surface area contributed by atoms with Crippen LogP contribution in [0.5, 0.6) is 0 Å². The standard InChI is InChI=1S/C15H22FN3O2/c1-9-5-6-12(16)15(10(9)2)11(3)13(17)7-18-19-8-14(20)21-4/h5-7,11,13,19H,8,17H2,1-4H3/b18-7+. The Morgan fingerprint density at radius 3 is 2.81 bits per heavy atom. The van der Waals surface area contributed by atoms with Crippen molar-refractivity contribution in [2.24, 2.45) is 10.8 Å². The van der Waals surface area contributed by atoms with Crippen molar-refractivity contribution in [1.82, 2.24) is 5.43 Å². The van der Waals surface area contributed by atoms with Gasteiger partial charge in [-0.15, -0.1) is 0 Å². The molecule has 0 heterocycles. The number of ether oxygens (including phenoxy) is 1. The van der Waals surface area contributed by atoms with Crippen molar-refractivity contribution in [3.63, 3.8) is 0 Å². The molecule has 0 aliphatic carbocycles. The summed E-state index contributed by atoms with van der Waals surface area (Å²) in [7, 11) is 1.30. The van der Waals surface area contributed by atoms with Gasteiger partial charge in [-0.25, -0.2) is 4.39 Å². The number of methoxy groups -OCH3 is 1. The van der Waals surface area contributed by atoms with Crippen molar-refractivity contribution < 1.29 is 13.9 Å². The Kier molecular flexibility index (Phi) is 6.30. The number of rotatable bonds is 6. The van der Waals surface area contributed by atoms with Gasteiger partial charge >= 0.3 is 5.97 Å². The molecule has 0 aliphatic rings. The molecule has 0 radical (unpaired) electrons. The second-order valence-corrected chi connectivity index (χ2v) is 4.96. The number of hydrazone groups is 1. The molecule has 1 rings (SSSR count). The van der Waals surface area contributed by atoms with Crippen molar-refractivity contribution in [2.75, 3.05) is 13.7 Å². The first-order valence-electron chi connectivity index (χ1n) is 6.72. The first kappa shape index (κ1) is 17.1. The Morgan fingerprint density at radius 1 is 1.52 bits per heavy atom. The SMILES string of the molecule is COC(=O)CN/N=C/C(N)C(C)c1c(F)ccc(C)c1C. The van der Waals surface area contributed by atoms with Gasteiger partial charge in [-0.05, 0) is 36.6 Å². The maximum absolute atomic E-state index is 14.0. The zero-order chi connectivity index (χ0) is 16.0. The van der Waals surface area contributed by atoms with Crippen molar-refractivity contribution in [2.45, 2.75) is 32.7 Å². The van der Waals surface area contributed by atoms with Crippen LogP contribution in [0.15, 0.2) is 17.2 Å². The van der Waals surface area contributed by atoms with Crippen LogP contribution in [0, 0.1) is 19.7 Å². The molecule has 116 valence electrons. The summed E-state index contributed by atoms with van der Waals surface area (Å²) in [5.41, 5.74) is 11.1. The largest absolute Gasteiger partial charge is 0.468 e. The Labute approximate surface area is 124 Å². The molecular formula is C15H22FN3O2. The molecule has 0 amide bonds. The summed E-state index contributed by atoms with van der Waals surface area (Å²) in [6, 6.07) is 2.73. The monoisotopic (exact) mass is 295 g/mol. The van der Waals surface area contributed by atoms with Gasteiger partial charge in [0.25, 0.3) is 0 Å². The van der Waals surface area contributed by atoms with Crippen LogP contribution in [-0.4, -0.2) is 31.9 Å². The lowest BCUT2D eigenvalue weighted by Crippen LogP contribution is -2.31. The van der Waals surface area contributed by atoms with Crippen molar-refractivity contribution >= 4 is 12.2 Å². The van der Waals surface area contributed by atoms with Crippen molar-refractivity contribution in [3.8, 4) is 0 Å². The quantitative estimate of drug-likeness (QED) is 0.475. The molecule has 2 unspecified atom stereocenters. The van der Waals surface area contributed by atoms with E-state index in [1.807, 2.05) is 20.8 Å². The molecule has 0 spiro atoms. The van der Waals surface area contributed by atoms with Gasteiger partial charge in [0.15, 0.2) is 0 Å². The van der Waals surface area contributed by atoms with Crippen LogP contribution in [0.2, 0.25) is 0 Å². The van der Waals surface area contributed by atoms with E-state index in [2.05, 4.69) is 15.3 Å². The Bertz CT molecular complexity index is 532. The van der Waals surface area contributed by atoms with Gasteiger partial charge in [0.2, 0.25) is 0 Å². The van der Waals surface area contributed by atoms with Gasteiger partial charge in [-0.3, -0.25) is 10.2 Å². The highest BCUT2D eigenvalue weighted by molar-refractivity contribution is 5.72. The fraction of sp³-hybridized carbons (Fsp3) is 0.467. The number of nitrogens with two attached hydrogens (primary N) is 1. The predicted molar refractivity (Wildman–Crippen MR) is 80.8 cm³/mol. The molecule has 5 nitrogen and oxygen atoms in total. The minimum absolute atomic E-state index is 0.0358. The maximum atomic E-state index is 14.0. The predicted octanol–water partition coefficient (Wildman–Crippen LogP) is 1.62. The van der Waals surface area contributed by atoms with Gasteiger partial charge < -0.3 is 10.5 Å². The van der Waals surface area contributed by atoms with Gasteiger partial charge in [0.05, 0.1) is 7.11 Å². The molecule has 0 aromatic heterocycles. The molecule has 0 bridgehead atoms. The molecule has 0 saturated carbocycles. The third-order valence-corrected chi connectivity index (χ3v) is 3.55. The fourth-order valence-electron chi connectivity index (χ4n) is 2.01. The first-order chi connectivity index (χ1) is 9.88. The van der Waals surface area contributed by atoms with E-state index >= 15 is 0 Å². The smallest absolute Gasteiger partial charge is 0.326 e. The molecule has 2 atom stereocenters. The van der Waals surface area contributed by atoms with Crippen LogP contribution in [0.4, 0.5) is 4.39 Å². The summed E-state index contributed by atoms with van der Waals surface area (Å²) in [6.07, 6.45) is 1.47. The average Bonchev–Trinajstić information content (AvgIpc) is 2.47. The molecular weight excluding hydrogens is 273 g/mol. The van der Waals surface area contributed by atoms with E-state index in [1.165, 1.54) is 19.4 Å². The molecule has 1 aromatic rings. The number of nitrogens with zero attached hydrogens (tertiary/aromatic N) is 1. The topological polar surface area (TPSA) is 76.7 Å². The van der Waals surface area contributed by atoms with E-state index in [1.54, 1.807) is 6.07 Å². The van der Waals surface area contributed by atoms with E-state index in [0.717, 1.165) is 11.1 Å². The van der Waals surface area contributed by atoms with E-state index in [0.29, 0.717) is 5.56 Å². The molecule has 0 saturated heterocycles. The van der Waals surface area contributed by atoms with E-state index in [4.69, 9.17) is 5.73 Å². The minimum Gasteiger partial charge on any atom is -0.468 e. The zero-order valence-corrected chi connectivity index (χ0v) is 12.8. The second kappa shape index (κ2) is 7.73. The molecule has 6 heteroatoms. The number of nitrogens with one attached hydrogen (secondary N) is 1. The van der Waals surface area contributed by atoms with Gasteiger partial charge in [0, 0.05) is 18.2 Å². The minimum atomic E-state index is -0.467. The van der Waals surface area contributed by atoms with Crippen LogP contribution in [0.1, 0.15) is 29.5 Å². The summed E-state index contributed by atoms with van der Waals surface area (Å²) in [6.45, 7) is 5.62. The van der Waals surface area contributed by atoms with E-state index in [9.17, 15) is 9.18 Å². The number of hydrogen-bond donors (Lipinski definition) is 2. The Balaban J connectivity index is 2.75. The number of aryl methyl sites for hydroxylation is 1. The Morgan fingerprint density at radius 2 is 2.19 bits per heavy atom. The van der Waals surface area contributed by atoms with Crippen molar-refractivity contribution in [3.05, 3.63) is 34.6 Å². The Hall–Kier alpha value is -1.95. The molecule has 1 aromatic carbocycles. The number of carbonyl (C=O) groups excluding carboxylic acids is 1. The van der Waals surface area contributed by atoms with Crippen LogP contribution in [0.25, 0.3) is 0 Å². The summed E-state index contributed by atoms with van der Waals surface area (Å²) < 4.78 is 18.5. The molecule has 0 aliphatic heterocycles. The van der Waals surface area contributed by atoms with Crippen molar-refractivity contribution in [1.29, 1.82) is 0 Å².